The zero-order valence-electron chi connectivity index (χ0n) is 12.0. The summed E-state index contributed by atoms with van der Waals surface area (Å²) in [5.41, 5.74) is 2.83. The number of hydrogen-bond acceptors (Lipinski definition) is 4. The highest BCUT2D eigenvalue weighted by Crippen LogP contribution is 2.29. The van der Waals surface area contributed by atoms with E-state index in [1.54, 1.807) is 4.90 Å². The molecule has 108 valence electrons. The average Bonchev–Trinajstić information content (AvgIpc) is 2.80. The number of cyclic esters (lactones) is 1. The van der Waals surface area contributed by atoms with Gasteiger partial charge in [0, 0.05) is 7.11 Å². The molecule has 1 saturated heterocycles. The van der Waals surface area contributed by atoms with E-state index in [0.717, 1.165) is 16.8 Å². The van der Waals surface area contributed by atoms with Crippen molar-refractivity contribution in [3.8, 4) is 0 Å². The maximum atomic E-state index is 12.4. The Morgan fingerprint density at radius 1 is 1.40 bits per heavy atom. The number of benzene rings is 1. The van der Waals surface area contributed by atoms with Gasteiger partial charge in [0.05, 0.1) is 18.2 Å². The predicted octanol–water partition coefficient (Wildman–Crippen LogP) is 1.60. The van der Waals surface area contributed by atoms with Crippen LogP contribution in [0.1, 0.15) is 17.5 Å². The standard InChI is InChI=1S/C15H19NO4/c1-10-5-4-6-11(2)15(10)16(13(17)9-19-3)12-7-14(18)20-8-12/h4-6,12H,7-9H2,1-3H3. The van der Waals surface area contributed by atoms with Crippen molar-refractivity contribution in [2.45, 2.75) is 26.3 Å². The fourth-order valence-corrected chi connectivity index (χ4v) is 2.55. The SMILES string of the molecule is COCC(=O)N(c1c(C)cccc1C)C1COC(=O)C1. The second-order valence-electron chi connectivity index (χ2n) is 4.98. The van der Waals surface area contributed by atoms with Crippen LogP contribution in [0.4, 0.5) is 5.69 Å². The van der Waals surface area contributed by atoms with Gasteiger partial charge in [0.2, 0.25) is 0 Å². The van der Waals surface area contributed by atoms with Crippen LogP contribution in [0.3, 0.4) is 0 Å². The van der Waals surface area contributed by atoms with Gasteiger partial charge in [0.25, 0.3) is 5.91 Å². The Balaban J connectivity index is 2.40. The molecule has 1 aromatic rings. The van der Waals surface area contributed by atoms with E-state index in [-0.39, 0.29) is 37.6 Å². The molecule has 1 aliphatic heterocycles. The minimum Gasteiger partial charge on any atom is -0.463 e. The molecule has 2 rings (SSSR count). The summed E-state index contributed by atoms with van der Waals surface area (Å²) in [5.74, 6) is -0.426. The third-order valence-corrected chi connectivity index (χ3v) is 3.42. The van der Waals surface area contributed by atoms with E-state index in [2.05, 4.69) is 0 Å². The molecule has 0 radical (unpaired) electrons. The third kappa shape index (κ3) is 2.82. The molecule has 5 heteroatoms. The van der Waals surface area contributed by atoms with Crippen LogP contribution >= 0.6 is 0 Å². The molecule has 0 N–H and O–H groups in total. The van der Waals surface area contributed by atoms with Crippen molar-refractivity contribution in [3.05, 3.63) is 29.3 Å². The second kappa shape index (κ2) is 6.05. The van der Waals surface area contributed by atoms with Crippen LogP contribution in [-0.4, -0.2) is 38.2 Å². The number of rotatable bonds is 4. The largest absolute Gasteiger partial charge is 0.463 e. The van der Waals surface area contributed by atoms with Crippen LogP contribution in [0.15, 0.2) is 18.2 Å². The molecule has 0 aromatic heterocycles. The molecule has 5 nitrogen and oxygen atoms in total. The minimum atomic E-state index is -0.267. The van der Waals surface area contributed by atoms with Gasteiger partial charge in [0.1, 0.15) is 13.2 Å². The summed E-state index contributed by atoms with van der Waals surface area (Å²) in [5, 5.41) is 0. The Morgan fingerprint density at radius 3 is 2.55 bits per heavy atom. The lowest BCUT2D eigenvalue weighted by Crippen LogP contribution is -2.43. The maximum Gasteiger partial charge on any atom is 0.308 e. The molecule has 1 atom stereocenters. The van der Waals surface area contributed by atoms with E-state index in [4.69, 9.17) is 9.47 Å². The molecule has 0 spiro atoms. The Labute approximate surface area is 118 Å². The zero-order chi connectivity index (χ0) is 14.7. The lowest BCUT2D eigenvalue weighted by molar-refractivity contribution is -0.138. The second-order valence-corrected chi connectivity index (χ2v) is 4.98. The highest BCUT2D eigenvalue weighted by atomic mass is 16.5. The molecule has 1 unspecified atom stereocenters. The van der Waals surface area contributed by atoms with Gasteiger partial charge >= 0.3 is 5.97 Å². The van der Waals surface area contributed by atoms with Crippen LogP contribution in [0.25, 0.3) is 0 Å². The zero-order valence-corrected chi connectivity index (χ0v) is 12.0. The summed E-state index contributed by atoms with van der Waals surface area (Å²) in [6, 6.07) is 5.59. The summed E-state index contributed by atoms with van der Waals surface area (Å²) in [6.07, 6.45) is 0.225. The first kappa shape index (κ1) is 14.5. The first-order valence-corrected chi connectivity index (χ1v) is 6.57. The number of ether oxygens (including phenoxy) is 2. The summed E-state index contributed by atoms with van der Waals surface area (Å²) in [4.78, 5) is 25.4. The number of methoxy groups -OCH3 is 1. The molecular weight excluding hydrogens is 258 g/mol. The number of carbonyl (C=O) groups is 2. The van der Waals surface area contributed by atoms with E-state index < -0.39 is 0 Å². The van der Waals surface area contributed by atoms with Crippen molar-refractivity contribution in [2.24, 2.45) is 0 Å². The van der Waals surface area contributed by atoms with Crippen LogP contribution in [-0.2, 0) is 19.1 Å². The van der Waals surface area contributed by atoms with Crippen LogP contribution in [0.2, 0.25) is 0 Å². The van der Waals surface area contributed by atoms with Crippen molar-refractivity contribution in [2.75, 3.05) is 25.2 Å². The molecule has 1 aliphatic rings. The number of para-hydroxylation sites is 1. The maximum absolute atomic E-state index is 12.4. The average molecular weight is 277 g/mol. The summed E-state index contributed by atoms with van der Waals surface area (Å²) in [6.45, 7) is 4.13. The number of esters is 1. The molecule has 1 amide bonds. The van der Waals surface area contributed by atoms with Gasteiger partial charge in [0.15, 0.2) is 0 Å². The van der Waals surface area contributed by atoms with Crippen molar-refractivity contribution in [3.63, 3.8) is 0 Å². The summed E-state index contributed by atoms with van der Waals surface area (Å²) < 4.78 is 9.96. The number of hydrogen-bond donors (Lipinski definition) is 0. The summed E-state index contributed by atoms with van der Waals surface area (Å²) >= 11 is 0. The number of aryl methyl sites for hydroxylation is 2. The van der Waals surface area contributed by atoms with Crippen LogP contribution in [0.5, 0.6) is 0 Å². The van der Waals surface area contributed by atoms with Gasteiger partial charge in [-0.05, 0) is 25.0 Å². The van der Waals surface area contributed by atoms with E-state index >= 15 is 0 Å². The fraction of sp³-hybridized carbons (Fsp3) is 0.467. The minimum absolute atomic E-state index is 0.0154. The lowest BCUT2D eigenvalue weighted by Gasteiger charge is -2.30. The van der Waals surface area contributed by atoms with E-state index in [9.17, 15) is 9.59 Å². The van der Waals surface area contributed by atoms with Gasteiger partial charge < -0.3 is 14.4 Å². The highest BCUT2D eigenvalue weighted by molar-refractivity contribution is 5.97. The van der Waals surface area contributed by atoms with Gasteiger partial charge in [-0.25, -0.2) is 0 Å². The molecular formula is C15H19NO4. The Morgan fingerprint density at radius 2 is 2.05 bits per heavy atom. The quantitative estimate of drug-likeness (QED) is 0.784. The van der Waals surface area contributed by atoms with E-state index in [0.29, 0.717) is 0 Å². The van der Waals surface area contributed by atoms with Gasteiger partial charge in [-0.15, -0.1) is 0 Å². The van der Waals surface area contributed by atoms with Crippen LogP contribution in [0, 0.1) is 13.8 Å². The van der Waals surface area contributed by atoms with E-state index in [1.165, 1.54) is 7.11 Å². The molecule has 0 bridgehead atoms. The first-order chi connectivity index (χ1) is 9.54. The van der Waals surface area contributed by atoms with Crippen molar-refractivity contribution >= 4 is 17.6 Å². The predicted molar refractivity (Wildman–Crippen MR) is 74.6 cm³/mol. The molecule has 20 heavy (non-hydrogen) atoms. The molecule has 0 aliphatic carbocycles. The number of nitrogens with zero attached hydrogens (tertiary/aromatic N) is 1. The lowest BCUT2D eigenvalue weighted by atomic mass is 10.0. The fourth-order valence-electron chi connectivity index (χ4n) is 2.55. The molecule has 1 fully saturated rings. The monoisotopic (exact) mass is 277 g/mol. The van der Waals surface area contributed by atoms with Crippen LogP contribution < -0.4 is 4.90 Å². The van der Waals surface area contributed by atoms with Crippen molar-refractivity contribution in [1.82, 2.24) is 0 Å². The molecule has 0 saturated carbocycles. The summed E-state index contributed by atoms with van der Waals surface area (Å²) in [7, 11) is 1.48. The van der Waals surface area contributed by atoms with Gasteiger partial charge in [-0.1, -0.05) is 18.2 Å². The Hall–Kier alpha value is -1.88. The number of carbonyl (C=O) groups excluding carboxylic acids is 2. The molecule has 1 aromatic carbocycles. The normalized spacial score (nSPS) is 17.9. The Kier molecular flexibility index (Phi) is 4.39. The topological polar surface area (TPSA) is 55.8 Å². The smallest absolute Gasteiger partial charge is 0.308 e. The van der Waals surface area contributed by atoms with Gasteiger partial charge in [-0.3, -0.25) is 9.59 Å². The first-order valence-electron chi connectivity index (χ1n) is 6.57. The number of anilines is 1. The highest BCUT2D eigenvalue weighted by Gasteiger charge is 2.34. The van der Waals surface area contributed by atoms with Crippen molar-refractivity contribution in [1.29, 1.82) is 0 Å². The van der Waals surface area contributed by atoms with Crippen molar-refractivity contribution < 1.29 is 19.1 Å². The Bertz CT molecular complexity index is 506. The van der Waals surface area contributed by atoms with Gasteiger partial charge in [-0.2, -0.15) is 0 Å². The molecule has 1 heterocycles. The number of amides is 1. The van der Waals surface area contributed by atoms with E-state index in [1.807, 2.05) is 32.0 Å². The third-order valence-electron chi connectivity index (χ3n) is 3.42.